The molecule has 0 heterocycles. The van der Waals surface area contributed by atoms with E-state index in [2.05, 4.69) is 6.92 Å². The average Bonchev–Trinajstić information content (AvgIpc) is 2.39. The lowest BCUT2D eigenvalue weighted by Gasteiger charge is -2.26. The smallest absolute Gasteiger partial charge is 0.361 e. The first kappa shape index (κ1) is 20.0. The Labute approximate surface area is 123 Å². The van der Waals surface area contributed by atoms with Crippen LogP contribution in [-0.2, 0) is 27.0 Å². The largest absolute Gasteiger partial charge is 0.667 e. The summed E-state index contributed by atoms with van der Waals surface area (Å²) in [6.45, 7) is 7.95. The normalized spacial score (nSPS) is 12.8. The molecule has 6 nitrogen and oxygen atoms in total. The van der Waals surface area contributed by atoms with E-state index in [0.29, 0.717) is 6.42 Å². The van der Waals surface area contributed by atoms with Crippen LogP contribution in [0.3, 0.4) is 0 Å². The van der Waals surface area contributed by atoms with E-state index in [1.165, 1.54) is 0 Å². The van der Waals surface area contributed by atoms with Crippen LogP contribution in [0.5, 0.6) is 0 Å². The molecule has 0 amide bonds. The zero-order valence-electron chi connectivity index (χ0n) is 13.0. The molecule has 0 aliphatic carbocycles. The van der Waals surface area contributed by atoms with Crippen molar-refractivity contribution in [1.82, 2.24) is 0 Å². The molecule has 0 saturated heterocycles. The SMILES string of the molecule is CCCCCCOS(=O)(=O)[Si](OCC)(OCC)OCC. The Balaban J connectivity index is 4.74. The summed E-state index contributed by atoms with van der Waals surface area (Å²) in [5.41, 5.74) is 0. The van der Waals surface area contributed by atoms with E-state index >= 15 is 0 Å². The van der Waals surface area contributed by atoms with E-state index < -0.39 is 17.5 Å². The molecule has 0 radical (unpaired) electrons. The first-order valence-electron chi connectivity index (χ1n) is 7.30. The van der Waals surface area contributed by atoms with Crippen molar-refractivity contribution < 1.29 is 25.9 Å². The van der Waals surface area contributed by atoms with Gasteiger partial charge in [-0.25, -0.2) is 0 Å². The van der Waals surface area contributed by atoms with Crippen LogP contribution in [0.15, 0.2) is 0 Å². The molecule has 0 rings (SSSR count). The van der Waals surface area contributed by atoms with E-state index in [4.69, 9.17) is 17.5 Å². The summed E-state index contributed by atoms with van der Waals surface area (Å²) in [5.74, 6) is 0. The standard InChI is InChI=1S/C12H28O6SSi/c1-5-9-10-11-12-15-19(13,14)20(16-6-2,17-7-3)18-8-4/h5-12H2,1-4H3. The molecule has 0 aromatic heterocycles. The molecule has 0 aromatic carbocycles. The Hall–Kier alpha value is 0.00688. The Morgan fingerprint density at radius 1 is 0.800 bits per heavy atom. The van der Waals surface area contributed by atoms with Crippen LogP contribution >= 0.6 is 0 Å². The third kappa shape index (κ3) is 6.19. The molecule has 0 unspecified atom stereocenters. The topological polar surface area (TPSA) is 71.1 Å². The van der Waals surface area contributed by atoms with Crippen LogP contribution in [-0.4, -0.2) is 42.8 Å². The highest BCUT2D eigenvalue weighted by atomic mass is 32.4. The monoisotopic (exact) mass is 328 g/mol. The Kier molecular flexibility index (Phi) is 10.7. The van der Waals surface area contributed by atoms with Crippen molar-refractivity contribution in [3.8, 4) is 0 Å². The highest BCUT2D eigenvalue weighted by Gasteiger charge is 2.58. The molecule has 0 aromatic rings. The summed E-state index contributed by atoms with van der Waals surface area (Å²) < 4.78 is 45.7. The van der Waals surface area contributed by atoms with Gasteiger partial charge in [0.05, 0.1) is 6.61 Å². The minimum Gasteiger partial charge on any atom is -0.361 e. The molecule has 122 valence electrons. The van der Waals surface area contributed by atoms with Crippen molar-refractivity contribution in [2.45, 2.75) is 53.4 Å². The summed E-state index contributed by atoms with van der Waals surface area (Å²) in [7, 11) is -7.83. The third-order valence-corrected chi connectivity index (χ3v) is 8.77. The fraction of sp³-hybridized carbons (Fsp3) is 1.00. The maximum atomic E-state index is 12.3. The van der Waals surface area contributed by atoms with E-state index in [0.717, 1.165) is 19.3 Å². The van der Waals surface area contributed by atoms with Gasteiger partial charge in [-0.3, -0.25) is 4.18 Å². The van der Waals surface area contributed by atoms with Gasteiger partial charge in [0.1, 0.15) is 0 Å². The summed E-state index contributed by atoms with van der Waals surface area (Å²) in [4.78, 5) is 0. The molecule has 8 heteroatoms. The van der Waals surface area contributed by atoms with Crippen molar-refractivity contribution in [1.29, 1.82) is 0 Å². The maximum absolute atomic E-state index is 12.3. The summed E-state index contributed by atoms with van der Waals surface area (Å²) in [5, 5.41) is 0. The molecule has 0 bridgehead atoms. The summed E-state index contributed by atoms with van der Waals surface area (Å²) in [6.07, 6.45) is 3.79. The van der Waals surface area contributed by atoms with Gasteiger partial charge in [-0.15, -0.1) is 0 Å². The Bertz CT molecular complexity index is 316. The predicted octanol–water partition coefficient (Wildman–Crippen LogP) is 2.46. The van der Waals surface area contributed by atoms with E-state index in [9.17, 15) is 8.42 Å². The molecule has 0 saturated carbocycles. The van der Waals surface area contributed by atoms with Gasteiger partial charge in [0, 0.05) is 19.8 Å². The average molecular weight is 329 g/mol. The van der Waals surface area contributed by atoms with Crippen LogP contribution in [0.25, 0.3) is 0 Å². The van der Waals surface area contributed by atoms with E-state index in [1.807, 2.05) is 0 Å². The highest BCUT2D eigenvalue weighted by molar-refractivity contribution is 8.16. The maximum Gasteiger partial charge on any atom is 0.667 e. The minimum absolute atomic E-state index is 0.143. The minimum atomic E-state index is -3.99. The van der Waals surface area contributed by atoms with Crippen molar-refractivity contribution in [2.75, 3.05) is 26.4 Å². The van der Waals surface area contributed by atoms with Crippen molar-refractivity contribution in [3.05, 3.63) is 0 Å². The first-order chi connectivity index (χ1) is 9.49. The Morgan fingerprint density at radius 2 is 1.30 bits per heavy atom. The molecule has 0 aliphatic heterocycles. The van der Waals surface area contributed by atoms with Gasteiger partial charge < -0.3 is 13.3 Å². The lowest BCUT2D eigenvalue weighted by Crippen LogP contribution is -2.54. The number of rotatable bonds is 13. The Morgan fingerprint density at radius 3 is 1.70 bits per heavy atom. The molecular formula is C12H28O6SSi. The molecule has 20 heavy (non-hydrogen) atoms. The van der Waals surface area contributed by atoms with Gasteiger partial charge in [-0.1, -0.05) is 26.2 Å². The fourth-order valence-electron chi connectivity index (χ4n) is 1.64. The van der Waals surface area contributed by atoms with Crippen LogP contribution in [0, 0.1) is 0 Å². The summed E-state index contributed by atoms with van der Waals surface area (Å²) >= 11 is 0. The molecule has 0 N–H and O–H groups in total. The van der Waals surface area contributed by atoms with Crippen LogP contribution in [0.4, 0.5) is 0 Å². The molecule has 0 aliphatic rings. The van der Waals surface area contributed by atoms with Crippen molar-refractivity contribution >= 4 is 17.5 Å². The van der Waals surface area contributed by atoms with E-state index in [1.54, 1.807) is 20.8 Å². The zero-order chi connectivity index (χ0) is 15.5. The second-order valence-electron chi connectivity index (χ2n) is 4.14. The lowest BCUT2D eigenvalue weighted by atomic mass is 10.2. The highest BCUT2D eigenvalue weighted by Crippen LogP contribution is 2.20. The van der Waals surface area contributed by atoms with Crippen LogP contribution in [0.2, 0.25) is 0 Å². The van der Waals surface area contributed by atoms with Gasteiger partial charge in [0.2, 0.25) is 0 Å². The number of hydrogen-bond donors (Lipinski definition) is 0. The van der Waals surface area contributed by atoms with E-state index in [-0.39, 0.29) is 26.4 Å². The second kappa shape index (κ2) is 10.7. The number of hydrogen-bond acceptors (Lipinski definition) is 6. The van der Waals surface area contributed by atoms with Crippen molar-refractivity contribution in [3.63, 3.8) is 0 Å². The lowest BCUT2D eigenvalue weighted by molar-refractivity contribution is 0.0879. The quantitative estimate of drug-likeness (QED) is 0.382. The van der Waals surface area contributed by atoms with Gasteiger partial charge in [-0.05, 0) is 27.2 Å². The third-order valence-electron chi connectivity index (χ3n) is 2.51. The molecule has 0 spiro atoms. The van der Waals surface area contributed by atoms with Gasteiger partial charge in [0.15, 0.2) is 0 Å². The predicted molar refractivity (Wildman–Crippen MR) is 79.6 cm³/mol. The van der Waals surface area contributed by atoms with Crippen molar-refractivity contribution in [2.24, 2.45) is 0 Å². The fourth-order valence-corrected chi connectivity index (χ4v) is 6.91. The summed E-state index contributed by atoms with van der Waals surface area (Å²) in [6, 6.07) is 0. The van der Waals surface area contributed by atoms with Gasteiger partial charge in [-0.2, -0.15) is 8.42 Å². The molecule has 0 atom stereocenters. The first-order valence-corrected chi connectivity index (χ1v) is 11.2. The second-order valence-corrected chi connectivity index (χ2v) is 10.1. The van der Waals surface area contributed by atoms with Gasteiger partial charge >= 0.3 is 17.5 Å². The zero-order valence-corrected chi connectivity index (χ0v) is 14.8. The molecule has 0 fully saturated rings. The number of unbranched alkanes of at least 4 members (excludes halogenated alkanes) is 3. The van der Waals surface area contributed by atoms with Crippen LogP contribution < -0.4 is 0 Å². The molecular weight excluding hydrogens is 300 g/mol. The van der Waals surface area contributed by atoms with Gasteiger partial charge in [0.25, 0.3) is 0 Å². The van der Waals surface area contributed by atoms with Crippen LogP contribution in [0.1, 0.15) is 53.4 Å².